The Morgan fingerprint density at radius 3 is 2.65 bits per heavy atom. The molecule has 2 fully saturated rings. The van der Waals surface area contributed by atoms with Crippen LogP contribution in [0.5, 0.6) is 0 Å². The molecule has 2 aromatic carbocycles. The zero-order valence-corrected chi connectivity index (χ0v) is 17.8. The molecular formula is C23H24ClFN4O2. The number of halogens is 2. The van der Waals surface area contributed by atoms with Crippen molar-refractivity contribution < 1.29 is 9.18 Å². The molecule has 5 rings (SSSR count). The summed E-state index contributed by atoms with van der Waals surface area (Å²) in [7, 11) is 0. The van der Waals surface area contributed by atoms with Gasteiger partial charge in [0.1, 0.15) is 5.82 Å². The Morgan fingerprint density at radius 1 is 1.13 bits per heavy atom. The first-order chi connectivity index (χ1) is 14.6. The number of nitrogens with zero attached hydrogens (tertiary/aromatic N) is 3. The van der Waals surface area contributed by atoms with Crippen molar-refractivity contribution in [1.82, 2.24) is 20.0 Å². The maximum Gasteiger partial charge on any atom is 0.272 e. The summed E-state index contributed by atoms with van der Waals surface area (Å²) in [4.78, 5) is 29.2. The van der Waals surface area contributed by atoms with Crippen molar-refractivity contribution >= 4 is 29.1 Å². The summed E-state index contributed by atoms with van der Waals surface area (Å²) in [5.41, 5.74) is 1.33. The van der Waals surface area contributed by atoms with Crippen molar-refractivity contribution in [2.45, 2.75) is 25.3 Å². The van der Waals surface area contributed by atoms with Crippen LogP contribution in [0.25, 0.3) is 10.8 Å². The van der Waals surface area contributed by atoms with Crippen LogP contribution in [0, 0.1) is 5.82 Å². The molecule has 0 radical (unpaired) electrons. The lowest BCUT2D eigenvalue weighted by atomic mass is 10.0. The molecule has 8 heteroatoms. The average molecular weight is 443 g/mol. The van der Waals surface area contributed by atoms with Gasteiger partial charge in [0.15, 0.2) is 0 Å². The van der Waals surface area contributed by atoms with Gasteiger partial charge in [0, 0.05) is 30.9 Å². The van der Waals surface area contributed by atoms with E-state index >= 15 is 0 Å². The molecule has 2 aliphatic rings. The third kappa shape index (κ3) is 4.07. The van der Waals surface area contributed by atoms with Crippen LogP contribution in [0.15, 0.2) is 47.3 Å². The number of nitrogens with one attached hydrogen (secondary N) is 1. The fourth-order valence-corrected chi connectivity index (χ4v) is 4.45. The number of aromatic amines is 1. The quantitative estimate of drug-likeness (QED) is 0.674. The number of hydrogen-bond acceptors (Lipinski definition) is 4. The van der Waals surface area contributed by atoms with E-state index in [1.165, 1.54) is 12.5 Å². The van der Waals surface area contributed by atoms with Crippen LogP contribution in [-0.2, 0) is 6.42 Å². The van der Waals surface area contributed by atoms with Crippen LogP contribution in [0.4, 0.5) is 4.39 Å². The van der Waals surface area contributed by atoms with Crippen LogP contribution < -0.4 is 5.56 Å². The Balaban J connectivity index is 0.00000231. The average Bonchev–Trinajstić information content (AvgIpc) is 3.19. The SMILES string of the molecule is Cl.O=C(c1cc(Cc2n[nH]c(=O)c3ccccc23)ccc1F)N1CC[C@@H](N2CCC2)C1. The van der Waals surface area contributed by atoms with Gasteiger partial charge in [-0.3, -0.25) is 14.5 Å². The van der Waals surface area contributed by atoms with Crippen molar-refractivity contribution in [3.63, 3.8) is 0 Å². The number of carbonyl (C=O) groups excluding carboxylic acids is 1. The molecule has 6 nitrogen and oxygen atoms in total. The molecule has 1 aromatic heterocycles. The van der Waals surface area contributed by atoms with Crippen molar-refractivity contribution in [1.29, 1.82) is 0 Å². The standard InChI is InChI=1S/C23H23FN4O2.ClH/c24-20-7-6-15(13-21-17-4-1-2-5-18(17)22(29)26-25-21)12-19(20)23(30)28-11-8-16(14-28)27-9-3-10-27;/h1-2,4-7,12,16H,3,8-11,13-14H2,(H,26,29);1H/t16-;/m1./s1. The van der Waals surface area contributed by atoms with Crippen LogP contribution in [0.2, 0.25) is 0 Å². The minimum atomic E-state index is -0.504. The lowest BCUT2D eigenvalue weighted by molar-refractivity contribution is 0.0747. The molecule has 1 atom stereocenters. The fourth-order valence-electron chi connectivity index (χ4n) is 4.45. The van der Waals surface area contributed by atoms with E-state index in [0.717, 1.165) is 30.5 Å². The molecule has 0 unspecified atom stereocenters. The second-order valence-electron chi connectivity index (χ2n) is 8.12. The minimum Gasteiger partial charge on any atom is -0.337 e. The highest BCUT2D eigenvalue weighted by Gasteiger charge is 2.33. The number of hydrogen-bond donors (Lipinski definition) is 1. The lowest BCUT2D eigenvalue weighted by Crippen LogP contribution is -2.46. The number of fused-ring (bicyclic) bond motifs is 1. The molecule has 0 spiro atoms. The number of benzene rings is 2. The van der Waals surface area contributed by atoms with E-state index in [1.807, 2.05) is 12.1 Å². The third-order valence-corrected chi connectivity index (χ3v) is 6.27. The van der Waals surface area contributed by atoms with E-state index < -0.39 is 5.82 Å². The van der Waals surface area contributed by atoms with Crippen molar-refractivity contribution in [3.05, 3.63) is 75.5 Å². The van der Waals surface area contributed by atoms with Gasteiger partial charge < -0.3 is 4.90 Å². The first-order valence-electron chi connectivity index (χ1n) is 10.4. The molecule has 0 aliphatic carbocycles. The fraction of sp³-hybridized carbons (Fsp3) is 0.348. The lowest BCUT2D eigenvalue weighted by Gasteiger charge is -2.36. The van der Waals surface area contributed by atoms with Crippen LogP contribution in [-0.4, -0.2) is 58.1 Å². The second-order valence-corrected chi connectivity index (χ2v) is 8.12. The predicted molar refractivity (Wildman–Crippen MR) is 119 cm³/mol. The summed E-state index contributed by atoms with van der Waals surface area (Å²) in [6.07, 6.45) is 2.56. The topological polar surface area (TPSA) is 69.3 Å². The number of likely N-dealkylation sites (tertiary alicyclic amines) is 2. The van der Waals surface area contributed by atoms with Gasteiger partial charge >= 0.3 is 0 Å². The number of aromatic nitrogens is 2. The summed E-state index contributed by atoms with van der Waals surface area (Å²) in [5.74, 6) is -0.757. The molecule has 2 saturated heterocycles. The second kappa shape index (κ2) is 8.77. The maximum atomic E-state index is 14.5. The van der Waals surface area contributed by atoms with Gasteiger partial charge in [0.05, 0.1) is 16.6 Å². The van der Waals surface area contributed by atoms with Gasteiger partial charge in [-0.05, 0) is 49.7 Å². The molecule has 0 saturated carbocycles. The van der Waals surface area contributed by atoms with E-state index in [-0.39, 0.29) is 29.4 Å². The van der Waals surface area contributed by atoms with E-state index in [4.69, 9.17) is 0 Å². The summed E-state index contributed by atoms with van der Waals surface area (Å²) < 4.78 is 14.5. The zero-order valence-electron chi connectivity index (χ0n) is 17.0. The van der Waals surface area contributed by atoms with Gasteiger partial charge in [-0.2, -0.15) is 5.10 Å². The van der Waals surface area contributed by atoms with E-state index in [2.05, 4.69) is 15.1 Å². The third-order valence-electron chi connectivity index (χ3n) is 6.27. The molecular weight excluding hydrogens is 419 g/mol. The Morgan fingerprint density at radius 2 is 1.90 bits per heavy atom. The maximum absolute atomic E-state index is 14.5. The van der Waals surface area contributed by atoms with Gasteiger partial charge in [-0.15, -0.1) is 12.4 Å². The highest BCUT2D eigenvalue weighted by Crippen LogP contribution is 2.24. The monoisotopic (exact) mass is 442 g/mol. The minimum absolute atomic E-state index is 0. The number of H-pyrrole nitrogens is 1. The van der Waals surface area contributed by atoms with Gasteiger partial charge in [-0.1, -0.05) is 24.3 Å². The summed E-state index contributed by atoms with van der Waals surface area (Å²) >= 11 is 0. The Hall–Kier alpha value is -2.77. The molecule has 0 bridgehead atoms. The van der Waals surface area contributed by atoms with Crippen LogP contribution >= 0.6 is 12.4 Å². The number of amides is 1. The molecule has 3 aromatic rings. The number of carbonyl (C=O) groups is 1. The van der Waals surface area contributed by atoms with Gasteiger partial charge in [0.2, 0.25) is 0 Å². The summed E-state index contributed by atoms with van der Waals surface area (Å²) in [5, 5.41) is 8.04. The highest BCUT2D eigenvalue weighted by atomic mass is 35.5. The number of rotatable bonds is 4. The van der Waals surface area contributed by atoms with Crippen molar-refractivity contribution in [2.75, 3.05) is 26.2 Å². The molecule has 162 valence electrons. The van der Waals surface area contributed by atoms with Crippen LogP contribution in [0.3, 0.4) is 0 Å². The molecule has 1 N–H and O–H groups in total. The van der Waals surface area contributed by atoms with Gasteiger partial charge in [0.25, 0.3) is 11.5 Å². The normalized spacial score (nSPS) is 18.6. The summed E-state index contributed by atoms with van der Waals surface area (Å²) in [6, 6.07) is 12.3. The molecule has 1 amide bonds. The van der Waals surface area contributed by atoms with Crippen molar-refractivity contribution in [3.8, 4) is 0 Å². The Labute approximate surface area is 185 Å². The highest BCUT2D eigenvalue weighted by molar-refractivity contribution is 5.95. The smallest absolute Gasteiger partial charge is 0.272 e. The predicted octanol–water partition coefficient (Wildman–Crippen LogP) is 3.00. The first kappa shape index (κ1) is 21.5. The largest absolute Gasteiger partial charge is 0.337 e. The summed E-state index contributed by atoms with van der Waals surface area (Å²) in [6.45, 7) is 3.51. The van der Waals surface area contributed by atoms with Crippen LogP contribution in [0.1, 0.15) is 34.5 Å². The van der Waals surface area contributed by atoms with Gasteiger partial charge in [-0.25, -0.2) is 9.49 Å². The Bertz CT molecular complexity index is 1180. The first-order valence-corrected chi connectivity index (χ1v) is 10.4. The van der Waals surface area contributed by atoms with E-state index in [9.17, 15) is 14.0 Å². The Kier molecular flexibility index (Phi) is 6.07. The zero-order chi connectivity index (χ0) is 20.7. The van der Waals surface area contributed by atoms with Crippen molar-refractivity contribution in [2.24, 2.45) is 0 Å². The molecule has 31 heavy (non-hydrogen) atoms. The van der Waals surface area contributed by atoms with E-state index in [0.29, 0.717) is 36.6 Å². The molecule has 2 aliphatic heterocycles. The molecule has 3 heterocycles. The van der Waals surface area contributed by atoms with E-state index in [1.54, 1.807) is 29.2 Å².